The molecule has 1 rings (SSSR count). The molecule has 5 heteroatoms. The normalized spacial score (nSPS) is 24.9. The van der Waals surface area contributed by atoms with E-state index < -0.39 is 16.9 Å². The number of amides is 1. The SMILES string of the molecule is CC(C)(NC(=O)C1CCCC1N)C(C)(C)C(=O)O. The quantitative estimate of drug-likeness (QED) is 0.702. The van der Waals surface area contributed by atoms with Crippen molar-refractivity contribution in [2.75, 3.05) is 0 Å². The minimum atomic E-state index is -1.04. The lowest BCUT2D eigenvalue weighted by atomic mass is 9.74. The number of nitrogens with two attached hydrogens (primary N) is 1. The predicted octanol–water partition coefficient (Wildman–Crippen LogP) is 1.12. The van der Waals surface area contributed by atoms with Crippen LogP contribution in [0.2, 0.25) is 0 Å². The Morgan fingerprint density at radius 2 is 1.78 bits per heavy atom. The molecule has 0 saturated heterocycles. The fourth-order valence-corrected chi connectivity index (χ4v) is 2.14. The average molecular weight is 256 g/mol. The number of rotatable bonds is 4. The number of carboxylic acid groups (broad SMARTS) is 1. The number of hydrogen-bond donors (Lipinski definition) is 3. The zero-order valence-electron chi connectivity index (χ0n) is 11.6. The van der Waals surface area contributed by atoms with Crippen LogP contribution in [0.3, 0.4) is 0 Å². The molecule has 1 amide bonds. The van der Waals surface area contributed by atoms with Crippen LogP contribution < -0.4 is 11.1 Å². The summed E-state index contributed by atoms with van der Waals surface area (Å²) in [5.41, 5.74) is 4.03. The van der Waals surface area contributed by atoms with E-state index in [-0.39, 0.29) is 17.9 Å². The second-order valence-electron chi connectivity index (χ2n) is 6.25. The van der Waals surface area contributed by atoms with Crippen LogP contribution in [0.15, 0.2) is 0 Å². The molecule has 0 aliphatic heterocycles. The number of carboxylic acids is 1. The largest absolute Gasteiger partial charge is 0.481 e. The number of aliphatic carboxylic acids is 1. The first-order valence-corrected chi connectivity index (χ1v) is 6.40. The van der Waals surface area contributed by atoms with E-state index >= 15 is 0 Å². The van der Waals surface area contributed by atoms with Crippen LogP contribution in [0, 0.1) is 11.3 Å². The van der Waals surface area contributed by atoms with E-state index in [1.807, 2.05) is 0 Å². The zero-order chi connectivity index (χ0) is 14.1. The maximum atomic E-state index is 12.2. The fraction of sp³-hybridized carbons (Fsp3) is 0.846. The highest BCUT2D eigenvalue weighted by Gasteiger charge is 2.45. The van der Waals surface area contributed by atoms with Gasteiger partial charge in [-0.25, -0.2) is 0 Å². The topological polar surface area (TPSA) is 92.4 Å². The summed E-state index contributed by atoms with van der Waals surface area (Å²) in [5, 5.41) is 12.1. The second-order valence-corrected chi connectivity index (χ2v) is 6.25. The Morgan fingerprint density at radius 3 is 2.17 bits per heavy atom. The molecule has 4 N–H and O–H groups in total. The van der Waals surface area contributed by atoms with Gasteiger partial charge in [0.2, 0.25) is 5.91 Å². The van der Waals surface area contributed by atoms with Crippen LogP contribution in [0.1, 0.15) is 47.0 Å². The van der Waals surface area contributed by atoms with Crippen LogP contribution in [-0.4, -0.2) is 28.6 Å². The molecule has 0 spiro atoms. The van der Waals surface area contributed by atoms with E-state index in [4.69, 9.17) is 5.73 Å². The maximum absolute atomic E-state index is 12.2. The average Bonchev–Trinajstić information content (AvgIpc) is 2.63. The van der Waals surface area contributed by atoms with Gasteiger partial charge >= 0.3 is 5.97 Å². The monoisotopic (exact) mass is 256 g/mol. The second kappa shape index (κ2) is 4.88. The van der Waals surface area contributed by atoms with Crippen molar-refractivity contribution in [1.82, 2.24) is 5.32 Å². The highest BCUT2D eigenvalue weighted by molar-refractivity contribution is 5.82. The Morgan fingerprint density at radius 1 is 1.22 bits per heavy atom. The smallest absolute Gasteiger partial charge is 0.311 e. The number of nitrogens with one attached hydrogen (secondary N) is 1. The standard InChI is InChI=1S/C13H24N2O3/c1-12(2,11(17)18)13(3,4)15-10(16)8-6-5-7-9(8)14/h8-9H,5-7,14H2,1-4H3,(H,15,16)(H,17,18). The molecular weight excluding hydrogens is 232 g/mol. The van der Waals surface area contributed by atoms with Gasteiger partial charge in [-0.15, -0.1) is 0 Å². The van der Waals surface area contributed by atoms with Crippen molar-refractivity contribution in [1.29, 1.82) is 0 Å². The number of carbonyl (C=O) groups excluding carboxylic acids is 1. The van der Waals surface area contributed by atoms with E-state index in [1.165, 1.54) is 0 Å². The maximum Gasteiger partial charge on any atom is 0.311 e. The molecule has 2 unspecified atom stereocenters. The molecule has 0 aromatic rings. The minimum Gasteiger partial charge on any atom is -0.481 e. The van der Waals surface area contributed by atoms with Crippen molar-refractivity contribution in [2.24, 2.45) is 17.1 Å². The number of hydrogen-bond acceptors (Lipinski definition) is 3. The van der Waals surface area contributed by atoms with Crippen molar-refractivity contribution in [3.05, 3.63) is 0 Å². The van der Waals surface area contributed by atoms with Crippen LogP contribution in [0.25, 0.3) is 0 Å². The van der Waals surface area contributed by atoms with E-state index in [0.29, 0.717) is 0 Å². The molecule has 18 heavy (non-hydrogen) atoms. The Labute approximate surface area is 108 Å². The molecule has 5 nitrogen and oxygen atoms in total. The Kier molecular flexibility index (Phi) is 4.05. The molecule has 0 radical (unpaired) electrons. The van der Waals surface area contributed by atoms with Crippen molar-refractivity contribution in [3.8, 4) is 0 Å². The van der Waals surface area contributed by atoms with E-state index in [9.17, 15) is 14.7 Å². The lowest BCUT2D eigenvalue weighted by Crippen LogP contribution is -2.58. The van der Waals surface area contributed by atoms with Crippen molar-refractivity contribution >= 4 is 11.9 Å². The lowest BCUT2D eigenvalue weighted by molar-refractivity contribution is -0.152. The van der Waals surface area contributed by atoms with Gasteiger partial charge in [-0.3, -0.25) is 9.59 Å². The molecule has 104 valence electrons. The number of carbonyl (C=O) groups is 2. The van der Waals surface area contributed by atoms with Crippen molar-refractivity contribution in [2.45, 2.75) is 58.5 Å². The van der Waals surface area contributed by atoms with Gasteiger partial charge in [-0.2, -0.15) is 0 Å². The summed E-state index contributed by atoms with van der Waals surface area (Å²) in [6, 6.07) is -0.103. The first-order valence-electron chi connectivity index (χ1n) is 6.40. The van der Waals surface area contributed by atoms with Crippen LogP contribution in [-0.2, 0) is 9.59 Å². The summed E-state index contributed by atoms with van der Waals surface area (Å²) in [5.74, 6) is -1.24. The third-order valence-corrected chi connectivity index (χ3v) is 4.44. The van der Waals surface area contributed by atoms with Gasteiger partial charge in [-0.1, -0.05) is 6.42 Å². The molecule has 0 aromatic carbocycles. The summed E-state index contributed by atoms with van der Waals surface area (Å²) >= 11 is 0. The third kappa shape index (κ3) is 2.66. The summed E-state index contributed by atoms with van der Waals surface area (Å²) in [6.45, 7) is 6.70. The van der Waals surface area contributed by atoms with Crippen LogP contribution >= 0.6 is 0 Å². The summed E-state index contributed by atoms with van der Waals surface area (Å²) in [4.78, 5) is 23.4. The first kappa shape index (κ1) is 15.0. The Balaban J connectivity index is 2.77. The molecule has 1 aliphatic carbocycles. The van der Waals surface area contributed by atoms with Gasteiger partial charge in [0.05, 0.1) is 11.3 Å². The zero-order valence-corrected chi connectivity index (χ0v) is 11.6. The molecule has 1 aliphatic rings. The third-order valence-electron chi connectivity index (χ3n) is 4.44. The van der Waals surface area contributed by atoms with Gasteiger partial charge < -0.3 is 16.2 Å². The molecule has 0 heterocycles. The Hall–Kier alpha value is -1.10. The van der Waals surface area contributed by atoms with E-state index in [0.717, 1.165) is 19.3 Å². The van der Waals surface area contributed by atoms with E-state index in [2.05, 4.69) is 5.32 Å². The molecular formula is C13H24N2O3. The Bertz CT molecular complexity index is 350. The highest BCUT2D eigenvalue weighted by Crippen LogP contribution is 2.32. The van der Waals surface area contributed by atoms with Gasteiger partial charge in [0, 0.05) is 11.6 Å². The van der Waals surface area contributed by atoms with Crippen LogP contribution in [0.5, 0.6) is 0 Å². The molecule has 1 fully saturated rings. The van der Waals surface area contributed by atoms with Crippen molar-refractivity contribution in [3.63, 3.8) is 0 Å². The molecule has 0 bridgehead atoms. The minimum absolute atomic E-state index is 0.103. The molecule has 2 atom stereocenters. The fourth-order valence-electron chi connectivity index (χ4n) is 2.14. The molecule has 0 aromatic heterocycles. The first-order chi connectivity index (χ1) is 8.09. The van der Waals surface area contributed by atoms with Crippen molar-refractivity contribution < 1.29 is 14.7 Å². The predicted molar refractivity (Wildman–Crippen MR) is 69.0 cm³/mol. The van der Waals surface area contributed by atoms with E-state index in [1.54, 1.807) is 27.7 Å². The van der Waals surface area contributed by atoms with Gasteiger partial charge in [0.25, 0.3) is 0 Å². The lowest BCUT2D eigenvalue weighted by Gasteiger charge is -2.39. The van der Waals surface area contributed by atoms with Crippen LogP contribution in [0.4, 0.5) is 0 Å². The van der Waals surface area contributed by atoms with Gasteiger partial charge in [0.15, 0.2) is 0 Å². The summed E-state index contributed by atoms with van der Waals surface area (Å²) in [7, 11) is 0. The van der Waals surface area contributed by atoms with Gasteiger partial charge in [-0.05, 0) is 40.5 Å². The highest BCUT2D eigenvalue weighted by atomic mass is 16.4. The summed E-state index contributed by atoms with van der Waals surface area (Å²) < 4.78 is 0. The van der Waals surface area contributed by atoms with Gasteiger partial charge in [0.1, 0.15) is 0 Å². The molecule has 1 saturated carbocycles. The summed E-state index contributed by atoms with van der Waals surface area (Å²) in [6.07, 6.45) is 2.61.